The topological polar surface area (TPSA) is 71.2 Å². The van der Waals surface area contributed by atoms with Crippen LogP contribution in [0.4, 0.5) is 4.39 Å². The Morgan fingerprint density at radius 3 is 2.32 bits per heavy atom. The van der Waals surface area contributed by atoms with E-state index in [-0.39, 0.29) is 11.2 Å². The molecule has 1 aromatic heterocycles. The van der Waals surface area contributed by atoms with Crippen molar-refractivity contribution < 1.29 is 14.6 Å². The molecule has 0 saturated carbocycles. The number of nitrogens with zero attached hydrogens (tertiary/aromatic N) is 3. The van der Waals surface area contributed by atoms with Gasteiger partial charge in [0, 0.05) is 5.41 Å². The first-order valence-electron chi connectivity index (χ1n) is 8.79. The lowest BCUT2D eigenvalue weighted by atomic mass is 9.89. The summed E-state index contributed by atoms with van der Waals surface area (Å²) in [5, 5.41) is 28.5. The second kappa shape index (κ2) is 8.06. The molecule has 5 nitrogen and oxygen atoms in total. The minimum absolute atomic E-state index is 0.193. The lowest BCUT2D eigenvalue weighted by Gasteiger charge is -2.19. The molecule has 2 N–H and O–H groups in total. The molecule has 0 amide bonds. The fourth-order valence-electron chi connectivity index (χ4n) is 2.80. The van der Waals surface area contributed by atoms with Gasteiger partial charge in [0.25, 0.3) is 0 Å². The number of hydrogen-bond donors (Lipinski definition) is 2. The van der Waals surface area contributed by atoms with Crippen molar-refractivity contribution in [1.29, 1.82) is 0 Å². The van der Waals surface area contributed by atoms with Crippen LogP contribution >= 0.6 is 0 Å². The van der Waals surface area contributed by atoms with E-state index in [1.54, 1.807) is 16.8 Å². The molecule has 2 aromatic rings. The SMILES string of the molecule is CCC(O)CC(O)CCc1c(C(C)(C)C)nnn1-c1ccc(F)cc1. The molecule has 0 radical (unpaired) electrons. The first kappa shape index (κ1) is 19.5. The minimum Gasteiger partial charge on any atom is -0.393 e. The fourth-order valence-corrected chi connectivity index (χ4v) is 2.80. The summed E-state index contributed by atoms with van der Waals surface area (Å²) in [5.41, 5.74) is 2.31. The minimum atomic E-state index is -0.584. The number of benzene rings is 1. The highest BCUT2D eigenvalue weighted by Gasteiger charge is 2.25. The highest BCUT2D eigenvalue weighted by molar-refractivity contribution is 5.35. The third-order valence-corrected chi connectivity index (χ3v) is 4.27. The number of aliphatic hydroxyl groups is 2. The van der Waals surface area contributed by atoms with Gasteiger partial charge in [0.2, 0.25) is 0 Å². The molecular weight excluding hydrogens is 321 g/mol. The third kappa shape index (κ3) is 5.09. The molecule has 0 aliphatic carbocycles. The summed E-state index contributed by atoms with van der Waals surface area (Å²) in [6.07, 6.45) is 0.999. The van der Waals surface area contributed by atoms with Crippen LogP contribution in [0.15, 0.2) is 24.3 Å². The van der Waals surface area contributed by atoms with Gasteiger partial charge in [0.1, 0.15) is 5.82 Å². The molecule has 1 heterocycles. The van der Waals surface area contributed by atoms with Gasteiger partial charge in [-0.3, -0.25) is 0 Å². The van der Waals surface area contributed by atoms with E-state index in [0.29, 0.717) is 25.7 Å². The van der Waals surface area contributed by atoms with Crippen LogP contribution in [0.5, 0.6) is 0 Å². The highest BCUT2D eigenvalue weighted by Crippen LogP contribution is 2.27. The van der Waals surface area contributed by atoms with E-state index < -0.39 is 12.2 Å². The van der Waals surface area contributed by atoms with Gasteiger partial charge in [0.05, 0.1) is 29.3 Å². The second-order valence-corrected chi connectivity index (χ2v) is 7.51. The van der Waals surface area contributed by atoms with Crippen LogP contribution in [0.2, 0.25) is 0 Å². The van der Waals surface area contributed by atoms with Gasteiger partial charge in [0.15, 0.2) is 0 Å². The lowest BCUT2D eigenvalue weighted by Crippen LogP contribution is -2.20. The first-order chi connectivity index (χ1) is 11.7. The number of halogens is 1. The van der Waals surface area contributed by atoms with Crippen molar-refractivity contribution in [3.8, 4) is 5.69 Å². The predicted octanol–water partition coefficient (Wildman–Crippen LogP) is 3.16. The molecule has 0 bridgehead atoms. The smallest absolute Gasteiger partial charge is 0.123 e. The average molecular weight is 349 g/mol. The largest absolute Gasteiger partial charge is 0.393 e. The molecule has 0 aliphatic rings. The molecule has 2 rings (SSSR count). The molecule has 0 saturated heterocycles. The van der Waals surface area contributed by atoms with E-state index in [1.807, 2.05) is 6.92 Å². The van der Waals surface area contributed by atoms with Crippen LogP contribution in [0.1, 0.15) is 58.3 Å². The zero-order valence-corrected chi connectivity index (χ0v) is 15.4. The van der Waals surface area contributed by atoms with Gasteiger partial charge in [-0.25, -0.2) is 9.07 Å². The molecule has 0 aliphatic heterocycles. The maximum absolute atomic E-state index is 13.2. The summed E-state index contributed by atoms with van der Waals surface area (Å²) < 4.78 is 14.9. The van der Waals surface area contributed by atoms with Gasteiger partial charge < -0.3 is 10.2 Å². The van der Waals surface area contributed by atoms with Gasteiger partial charge in [-0.1, -0.05) is 32.9 Å². The Morgan fingerprint density at radius 2 is 1.76 bits per heavy atom. The van der Waals surface area contributed by atoms with Crippen molar-refractivity contribution in [2.75, 3.05) is 0 Å². The Morgan fingerprint density at radius 1 is 1.12 bits per heavy atom. The van der Waals surface area contributed by atoms with E-state index in [1.165, 1.54) is 12.1 Å². The Kier molecular flexibility index (Phi) is 6.30. The maximum atomic E-state index is 13.2. The maximum Gasteiger partial charge on any atom is 0.123 e. The Balaban J connectivity index is 2.27. The van der Waals surface area contributed by atoms with E-state index in [0.717, 1.165) is 17.1 Å². The molecule has 6 heteroatoms. The normalized spacial score (nSPS) is 14.5. The van der Waals surface area contributed by atoms with E-state index in [2.05, 4.69) is 31.1 Å². The fraction of sp³-hybridized carbons (Fsp3) is 0.579. The summed E-state index contributed by atoms with van der Waals surface area (Å²) in [4.78, 5) is 0. The summed E-state index contributed by atoms with van der Waals surface area (Å²) >= 11 is 0. The highest BCUT2D eigenvalue weighted by atomic mass is 19.1. The van der Waals surface area contributed by atoms with Crippen LogP contribution in [0.3, 0.4) is 0 Å². The van der Waals surface area contributed by atoms with Gasteiger partial charge >= 0.3 is 0 Å². The van der Waals surface area contributed by atoms with Crippen molar-refractivity contribution in [2.24, 2.45) is 0 Å². The zero-order valence-electron chi connectivity index (χ0n) is 15.4. The van der Waals surface area contributed by atoms with Crippen molar-refractivity contribution in [3.05, 3.63) is 41.5 Å². The first-order valence-corrected chi connectivity index (χ1v) is 8.79. The summed E-state index contributed by atoms with van der Waals surface area (Å²) in [6.45, 7) is 8.08. The number of aromatic nitrogens is 3. The summed E-state index contributed by atoms with van der Waals surface area (Å²) in [7, 11) is 0. The van der Waals surface area contributed by atoms with Crippen molar-refractivity contribution >= 4 is 0 Å². The molecule has 25 heavy (non-hydrogen) atoms. The van der Waals surface area contributed by atoms with Crippen LogP contribution in [-0.2, 0) is 11.8 Å². The summed E-state index contributed by atoms with van der Waals surface area (Å²) in [6, 6.07) is 6.11. The quantitative estimate of drug-likeness (QED) is 0.805. The van der Waals surface area contributed by atoms with Crippen molar-refractivity contribution in [1.82, 2.24) is 15.0 Å². The van der Waals surface area contributed by atoms with Crippen LogP contribution in [0, 0.1) is 5.82 Å². The standard InChI is InChI=1S/C19H28FN3O2/c1-5-15(24)12-16(25)10-11-17-18(19(2,3)4)21-22-23(17)14-8-6-13(20)7-9-14/h6-9,15-16,24-25H,5,10-12H2,1-4H3. The average Bonchev–Trinajstić information content (AvgIpc) is 2.97. The lowest BCUT2D eigenvalue weighted by molar-refractivity contribution is 0.0736. The molecular formula is C19H28FN3O2. The third-order valence-electron chi connectivity index (χ3n) is 4.27. The van der Waals surface area contributed by atoms with Gasteiger partial charge in [-0.2, -0.15) is 0 Å². The van der Waals surface area contributed by atoms with Gasteiger partial charge in [-0.05, 0) is 49.9 Å². The number of aliphatic hydroxyl groups excluding tert-OH is 2. The monoisotopic (exact) mass is 349 g/mol. The molecule has 0 spiro atoms. The number of rotatable bonds is 7. The zero-order chi connectivity index (χ0) is 18.6. The predicted molar refractivity (Wildman–Crippen MR) is 95.3 cm³/mol. The molecule has 0 fully saturated rings. The molecule has 1 aromatic carbocycles. The molecule has 2 unspecified atom stereocenters. The van der Waals surface area contributed by atoms with Gasteiger partial charge in [-0.15, -0.1) is 5.10 Å². The Hall–Kier alpha value is -1.79. The second-order valence-electron chi connectivity index (χ2n) is 7.51. The van der Waals surface area contributed by atoms with Crippen molar-refractivity contribution in [3.63, 3.8) is 0 Å². The Bertz CT molecular complexity index is 677. The van der Waals surface area contributed by atoms with Crippen LogP contribution in [-0.4, -0.2) is 37.4 Å². The molecule has 138 valence electrons. The number of hydrogen-bond acceptors (Lipinski definition) is 4. The van der Waals surface area contributed by atoms with E-state index in [4.69, 9.17) is 0 Å². The van der Waals surface area contributed by atoms with Crippen LogP contribution < -0.4 is 0 Å². The Labute approximate surface area is 148 Å². The summed E-state index contributed by atoms with van der Waals surface area (Å²) in [5.74, 6) is -0.301. The van der Waals surface area contributed by atoms with E-state index in [9.17, 15) is 14.6 Å². The van der Waals surface area contributed by atoms with Crippen molar-refractivity contribution in [2.45, 2.75) is 71.0 Å². The molecule has 2 atom stereocenters. The van der Waals surface area contributed by atoms with E-state index >= 15 is 0 Å². The van der Waals surface area contributed by atoms with Crippen LogP contribution in [0.25, 0.3) is 5.69 Å².